The maximum absolute atomic E-state index is 7.61. The molecule has 0 aliphatic rings. The van der Waals surface area contributed by atoms with Crippen molar-refractivity contribution < 1.29 is 30.6 Å². The van der Waals surface area contributed by atoms with Crippen LogP contribution < -0.4 is 0 Å². The molecule has 0 aliphatic heterocycles. The van der Waals surface area contributed by atoms with Crippen LogP contribution in [0.1, 0.15) is 90.0 Å². The first-order chi connectivity index (χ1) is 10.7. The minimum atomic E-state index is -1.17. The fraction of sp³-hybridized carbons (Fsp3) is 1.00. The van der Waals surface area contributed by atoms with Crippen molar-refractivity contribution in [2.75, 3.05) is 0 Å². The molecule has 0 unspecified atom stereocenters. The van der Waals surface area contributed by atoms with Gasteiger partial charge < -0.3 is 10.2 Å². The van der Waals surface area contributed by atoms with Crippen molar-refractivity contribution in [3.05, 3.63) is 0 Å². The molecule has 0 bridgehead atoms. The summed E-state index contributed by atoms with van der Waals surface area (Å²) in [5.74, 6) is 0. The third-order valence-corrected chi connectivity index (χ3v) is 12.0. The van der Waals surface area contributed by atoms with Crippen LogP contribution in [0.4, 0.5) is 0 Å². The van der Waals surface area contributed by atoms with E-state index >= 15 is 0 Å². The van der Waals surface area contributed by atoms with Crippen molar-refractivity contribution >= 4 is 15.8 Å². The van der Waals surface area contributed by atoms with Gasteiger partial charge in [-0.05, 0) is 90.0 Å². The van der Waals surface area contributed by atoms with Gasteiger partial charge in [0.15, 0.2) is 0 Å². The van der Waals surface area contributed by atoms with Gasteiger partial charge in [-0.2, -0.15) is 0 Å². The molecule has 25 heavy (non-hydrogen) atoms. The fourth-order valence-electron chi connectivity index (χ4n) is 4.00. The summed E-state index contributed by atoms with van der Waals surface area (Å²) in [4.78, 5) is 0. The molecule has 0 aromatic heterocycles. The second-order valence-electron chi connectivity index (χ2n) is 8.56. The second kappa shape index (κ2) is 18.8. The van der Waals surface area contributed by atoms with Gasteiger partial charge in [0.25, 0.3) is 0 Å². The molecule has 0 aliphatic carbocycles. The summed E-state index contributed by atoms with van der Waals surface area (Å²) < 4.78 is 0. The molecule has 0 radical (unpaired) electrons. The standard InChI is InChI=1S/2C9H21P.C2H6O2.Pd/c2*1-7(2)10(8(3)4)9(5)6;1-2(3)4;/h2*7-9H,1-6H3;2-4H,1H3;/p+2. The number of hydrogen-bond donors (Lipinski definition) is 2. The van der Waals surface area contributed by atoms with E-state index in [4.69, 9.17) is 10.2 Å². The number of rotatable bonds is 6. The summed E-state index contributed by atoms with van der Waals surface area (Å²) in [6.45, 7) is 29.7. The Hall–Kier alpha value is 1.44. The number of hydrogen-bond acceptors (Lipinski definition) is 2. The zero-order valence-corrected chi connectivity index (χ0v) is 22.8. The number of aliphatic hydroxyl groups excluding tert-OH is 1. The topological polar surface area (TPSA) is 40.5 Å². The van der Waals surface area contributed by atoms with Crippen molar-refractivity contribution in [3.63, 3.8) is 0 Å². The predicted molar refractivity (Wildman–Crippen MR) is 121 cm³/mol. The van der Waals surface area contributed by atoms with Crippen LogP contribution in [-0.4, -0.2) is 50.5 Å². The van der Waals surface area contributed by atoms with Crippen LogP contribution in [0.3, 0.4) is 0 Å². The van der Waals surface area contributed by atoms with Crippen molar-refractivity contribution in [2.24, 2.45) is 0 Å². The van der Waals surface area contributed by atoms with E-state index in [2.05, 4.69) is 83.1 Å². The monoisotopic (exact) mass is 490 g/mol. The quantitative estimate of drug-likeness (QED) is 0.266. The van der Waals surface area contributed by atoms with Crippen LogP contribution >= 0.6 is 15.8 Å². The Morgan fingerprint density at radius 3 is 0.480 bits per heavy atom. The van der Waals surface area contributed by atoms with Crippen LogP contribution in [0.25, 0.3) is 0 Å². The fourth-order valence-corrected chi connectivity index (χ4v) is 12.0. The van der Waals surface area contributed by atoms with Gasteiger partial charge in [0.2, 0.25) is 0 Å². The summed E-state index contributed by atoms with van der Waals surface area (Å²) in [6.07, 6.45) is -1.17. The zero-order chi connectivity index (χ0) is 20.2. The SMILES string of the molecule is CC(C)[PH+](C(C)C)C(C)C.CC(C)[PH+](C(C)C)C(C)C.CC(O)O.[Pd]. The molecule has 2 N–H and O–H groups in total. The van der Waals surface area contributed by atoms with Crippen molar-refractivity contribution in [1.82, 2.24) is 0 Å². The first-order valence-corrected chi connectivity index (χ1v) is 13.2. The van der Waals surface area contributed by atoms with Crippen LogP contribution in [0.5, 0.6) is 0 Å². The van der Waals surface area contributed by atoms with E-state index < -0.39 is 6.29 Å². The molecule has 0 aromatic carbocycles. The first-order valence-electron chi connectivity index (χ1n) is 9.75. The van der Waals surface area contributed by atoms with Crippen LogP contribution in [0, 0.1) is 0 Å². The molecule has 0 heterocycles. The third kappa shape index (κ3) is 21.6. The largest absolute Gasteiger partial charge is 0.368 e. The molecule has 0 fully saturated rings. The van der Waals surface area contributed by atoms with Gasteiger partial charge in [-0.3, -0.25) is 0 Å². The minimum Gasteiger partial charge on any atom is -0.368 e. The maximum atomic E-state index is 7.61. The predicted octanol–water partition coefficient (Wildman–Crippen LogP) is 6.17. The maximum Gasteiger partial charge on any atom is 0.148 e. The average Bonchev–Trinajstić information content (AvgIpc) is 2.23. The Bertz CT molecular complexity index is 204. The average molecular weight is 491 g/mol. The third-order valence-electron chi connectivity index (χ3n) is 4.00. The van der Waals surface area contributed by atoms with Crippen molar-refractivity contribution in [1.29, 1.82) is 0 Å². The molecule has 5 heteroatoms. The molecular formula is C20H50O2P2Pd+2. The summed E-state index contributed by atoms with van der Waals surface area (Å²) in [7, 11) is -0.191. The van der Waals surface area contributed by atoms with Gasteiger partial charge in [0, 0.05) is 36.3 Å². The summed E-state index contributed by atoms with van der Waals surface area (Å²) in [5, 5.41) is 15.2. The van der Waals surface area contributed by atoms with E-state index in [1.807, 2.05) is 0 Å². The molecule has 2 nitrogen and oxygen atoms in total. The van der Waals surface area contributed by atoms with E-state index in [1.54, 1.807) is 0 Å². The molecule has 0 amide bonds. The Morgan fingerprint density at radius 1 is 0.400 bits per heavy atom. The summed E-state index contributed by atoms with van der Waals surface area (Å²) in [5.41, 5.74) is 5.61. The van der Waals surface area contributed by atoms with Crippen molar-refractivity contribution in [3.8, 4) is 0 Å². The Kier molecular flexibility index (Phi) is 25.5. The molecule has 0 aromatic rings. The minimum absolute atomic E-state index is 0. The molecule has 160 valence electrons. The van der Waals surface area contributed by atoms with Crippen LogP contribution in [0.15, 0.2) is 0 Å². The van der Waals surface area contributed by atoms with E-state index in [9.17, 15) is 0 Å². The molecule has 0 rings (SSSR count). The molecule has 0 saturated carbocycles. The van der Waals surface area contributed by atoms with Gasteiger partial charge in [-0.1, -0.05) is 0 Å². The number of aliphatic hydroxyl groups is 2. The van der Waals surface area contributed by atoms with Crippen molar-refractivity contribution in [2.45, 2.75) is 130 Å². The van der Waals surface area contributed by atoms with Gasteiger partial charge >= 0.3 is 0 Å². The molecule has 0 atom stereocenters. The van der Waals surface area contributed by atoms with Crippen LogP contribution in [0.2, 0.25) is 0 Å². The summed E-state index contributed by atoms with van der Waals surface area (Å²) in [6, 6.07) is 0. The molecular weight excluding hydrogens is 441 g/mol. The van der Waals surface area contributed by atoms with Gasteiger partial charge in [0.1, 0.15) is 6.29 Å². The van der Waals surface area contributed by atoms with Gasteiger partial charge in [-0.25, -0.2) is 0 Å². The normalized spacial score (nSPS) is 11.5. The van der Waals surface area contributed by atoms with Gasteiger partial charge in [-0.15, -0.1) is 0 Å². The van der Waals surface area contributed by atoms with Crippen LogP contribution in [-0.2, 0) is 20.4 Å². The summed E-state index contributed by atoms with van der Waals surface area (Å²) >= 11 is 0. The Labute approximate surface area is 176 Å². The van der Waals surface area contributed by atoms with E-state index in [0.717, 1.165) is 34.0 Å². The molecule has 0 spiro atoms. The van der Waals surface area contributed by atoms with E-state index in [-0.39, 0.29) is 36.3 Å². The van der Waals surface area contributed by atoms with E-state index in [0.29, 0.717) is 0 Å². The van der Waals surface area contributed by atoms with Gasteiger partial charge in [0.05, 0.1) is 34.0 Å². The Balaban J connectivity index is -0.000000141. The second-order valence-corrected chi connectivity index (χ2v) is 17.5. The molecule has 0 saturated heterocycles. The first kappa shape index (κ1) is 34.0. The smallest absolute Gasteiger partial charge is 0.148 e. The zero-order valence-electron chi connectivity index (χ0n) is 19.3. The Morgan fingerprint density at radius 2 is 0.480 bits per heavy atom. The van der Waals surface area contributed by atoms with E-state index in [1.165, 1.54) is 6.92 Å².